The van der Waals surface area contributed by atoms with Crippen LogP contribution in [0.4, 0.5) is 8.78 Å². The van der Waals surface area contributed by atoms with Gasteiger partial charge in [-0.05, 0) is 25.5 Å². The third-order valence-electron chi connectivity index (χ3n) is 2.40. The van der Waals surface area contributed by atoms with Crippen LogP contribution in [-0.2, 0) is 4.79 Å². The van der Waals surface area contributed by atoms with Crippen molar-refractivity contribution in [3.8, 4) is 5.75 Å². The first-order valence-corrected chi connectivity index (χ1v) is 5.94. The van der Waals surface area contributed by atoms with Crippen LogP contribution in [0.5, 0.6) is 5.75 Å². The Morgan fingerprint density at radius 2 is 2.17 bits per heavy atom. The number of carbonyl (C=O) groups excluding carboxylic acids is 1. The summed E-state index contributed by atoms with van der Waals surface area (Å²) >= 11 is 0. The highest BCUT2D eigenvalue weighted by Crippen LogP contribution is 2.19. The second-order valence-electron chi connectivity index (χ2n) is 3.98. The molecule has 1 aromatic carbocycles. The van der Waals surface area contributed by atoms with E-state index in [9.17, 15) is 13.6 Å². The highest BCUT2D eigenvalue weighted by atomic mass is 19.1. The van der Waals surface area contributed by atoms with Gasteiger partial charge in [0, 0.05) is 12.6 Å². The maximum absolute atomic E-state index is 13.3. The molecule has 18 heavy (non-hydrogen) atoms. The highest BCUT2D eigenvalue weighted by molar-refractivity contribution is 5.80. The van der Waals surface area contributed by atoms with Crippen LogP contribution in [0.25, 0.3) is 0 Å². The van der Waals surface area contributed by atoms with E-state index in [0.29, 0.717) is 6.54 Å². The van der Waals surface area contributed by atoms with Crippen molar-refractivity contribution in [1.82, 2.24) is 5.32 Å². The average Bonchev–Trinajstić information content (AvgIpc) is 2.34. The van der Waals surface area contributed by atoms with E-state index in [4.69, 9.17) is 4.74 Å². The molecule has 3 nitrogen and oxygen atoms in total. The van der Waals surface area contributed by atoms with Gasteiger partial charge in [-0.2, -0.15) is 0 Å². The molecule has 0 unspecified atom stereocenters. The van der Waals surface area contributed by atoms with Crippen molar-refractivity contribution in [2.45, 2.75) is 32.8 Å². The molecule has 0 saturated carbocycles. The van der Waals surface area contributed by atoms with Gasteiger partial charge in [-0.25, -0.2) is 8.78 Å². The quantitative estimate of drug-likeness (QED) is 0.796. The number of ether oxygens (including phenoxy) is 1. The van der Waals surface area contributed by atoms with Crippen LogP contribution in [0.1, 0.15) is 26.7 Å². The third-order valence-corrected chi connectivity index (χ3v) is 2.40. The Labute approximate surface area is 105 Å². The van der Waals surface area contributed by atoms with Crippen LogP contribution in [-0.4, -0.2) is 18.6 Å². The zero-order chi connectivity index (χ0) is 13.5. The molecule has 0 aliphatic rings. The lowest BCUT2D eigenvalue weighted by Crippen LogP contribution is -2.36. The highest BCUT2D eigenvalue weighted by Gasteiger charge is 2.16. The predicted molar refractivity (Wildman–Crippen MR) is 64.4 cm³/mol. The van der Waals surface area contributed by atoms with Crippen molar-refractivity contribution in [3.05, 3.63) is 29.8 Å². The Hall–Kier alpha value is -1.65. The normalized spacial score (nSPS) is 12.0. The van der Waals surface area contributed by atoms with E-state index in [-0.39, 0.29) is 11.7 Å². The lowest BCUT2D eigenvalue weighted by Gasteiger charge is -2.15. The zero-order valence-corrected chi connectivity index (χ0v) is 10.5. The van der Waals surface area contributed by atoms with E-state index in [0.717, 1.165) is 31.0 Å². The van der Waals surface area contributed by atoms with Gasteiger partial charge in [-0.15, -0.1) is 0 Å². The Morgan fingerprint density at radius 3 is 2.83 bits per heavy atom. The van der Waals surface area contributed by atoms with Crippen LogP contribution in [0.2, 0.25) is 0 Å². The molecule has 0 aliphatic carbocycles. The summed E-state index contributed by atoms with van der Waals surface area (Å²) in [6.07, 6.45) is 0.971. The van der Waals surface area contributed by atoms with Crippen molar-refractivity contribution in [3.63, 3.8) is 0 Å². The van der Waals surface area contributed by atoms with Crippen molar-refractivity contribution >= 4 is 5.91 Å². The summed E-state index contributed by atoms with van der Waals surface area (Å²) in [7, 11) is 0. The predicted octanol–water partition coefficient (Wildman–Crippen LogP) is 2.65. The van der Waals surface area contributed by atoms with Gasteiger partial charge in [-0.3, -0.25) is 4.79 Å². The minimum atomic E-state index is -0.863. The fourth-order valence-corrected chi connectivity index (χ4v) is 1.34. The van der Waals surface area contributed by atoms with Gasteiger partial charge in [0.15, 0.2) is 17.7 Å². The SMILES string of the molecule is CCCCNC(=O)[C@H](C)Oc1cc(F)ccc1F. The summed E-state index contributed by atoms with van der Waals surface area (Å²) < 4.78 is 31.3. The van der Waals surface area contributed by atoms with E-state index in [1.807, 2.05) is 6.92 Å². The molecular weight excluding hydrogens is 240 g/mol. The Balaban J connectivity index is 2.55. The second kappa shape index (κ2) is 6.93. The molecule has 1 rings (SSSR count). The number of hydrogen-bond acceptors (Lipinski definition) is 2. The molecule has 1 atom stereocenters. The van der Waals surface area contributed by atoms with Gasteiger partial charge in [-0.1, -0.05) is 13.3 Å². The number of nitrogens with one attached hydrogen (secondary N) is 1. The monoisotopic (exact) mass is 257 g/mol. The molecule has 1 amide bonds. The number of halogens is 2. The number of carbonyl (C=O) groups is 1. The van der Waals surface area contributed by atoms with Crippen molar-refractivity contribution in [1.29, 1.82) is 0 Å². The molecule has 1 N–H and O–H groups in total. The van der Waals surface area contributed by atoms with Crippen molar-refractivity contribution in [2.75, 3.05) is 6.54 Å². The molecule has 5 heteroatoms. The number of benzene rings is 1. The summed E-state index contributed by atoms with van der Waals surface area (Å²) in [6, 6.07) is 2.88. The largest absolute Gasteiger partial charge is 0.478 e. The van der Waals surface area contributed by atoms with Crippen LogP contribution in [0.3, 0.4) is 0 Å². The fraction of sp³-hybridized carbons (Fsp3) is 0.462. The topological polar surface area (TPSA) is 38.3 Å². The second-order valence-corrected chi connectivity index (χ2v) is 3.98. The van der Waals surface area contributed by atoms with Gasteiger partial charge < -0.3 is 10.1 Å². The van der Waals surface area contributed by atoms with Gasteiger partial charge in [0.25, 0.3) is 5.91 Å². The molecule has 1 aromatic rings. The van der Waals surface area contributed by atoms with Gasteiger partial charge in [0.05, 0.1) is 0 Å². The molecule has 100 valence electrons. The Bertz CT molecular complexity index is 410. The molecule has 0 spiro atoms. The molecule has 0 bridgehead atoms. The summed E-state index contributed by atoms with van der Waals surface area (Å²) in [5, 5.41) is 2.66. The molecule has 0 saturated heterocycles. The molecule has 0 fully saturated rings. The maximum Gasteiger partial charge on any atom is 0.260 e. The molecule has 0 radical (unpaired) electrons. The van der Waals surface area contributed by atoms with E-state index in [2.05, 4.69) is 5.32 Å². The minimum Gasteiger partial charge on any atom is -0.478 e. The van der Waals surface area contributed by atoms with E-state index in [1.165, 1.54) is 6.92 Å². The number of hydrogen-bond donors (Lipinski definition) is 1. The van der Waals surface area contributed by atoms with E-state index < -0.39 is 17.7 Å². The average molecular weight is 257 g/mol. The lowest BCUT2D eigenvalue weighted by molar-refractivity contribution is -0.127. The minimum absolute atomic E-state index is 0.256. The van der Waals surface area contributed by atoms with Crippen molar-refractivity contribution < 1.29 is 18.3 Å². The van der Waals surface area contributed by atoms with Crippen LogP contribution in [0.15, 0.2) is 18.2 Å². The Morgan fingerprint density at radius 1 is 1.44 bits per heavy atom. The maximum atomic E-state index is 13.3. The van der Waals surface area contributed by atoms with Crippen LogP contribution in [0, 0.1) is 11.6 Å². The smallest absolute Gasteiger partial charge is 0.260 e. The molecule has 0 aromatic heterocycles. The third kappa shape index (κ3) is 4.31. The van der Waals surface area contributed by atoms with Crippen molar-refractivity contribution in [2.24, 2.45) is 0 Å². The number of amides is 1. The van der Waals surface area contributed by atoms with E-state index in [1.54, 1.807) is 0 Å². The first-order valence-electron chi connectivity index (χ1n) is 5.94. The first-order chi connectivity index (χ1) is 8.54. The first kappa shape index (κ1) is 14.4. The van der Waals surface area contributed by atoms with E-state index >= 15 is 0 Å². The van der Waals surface area contributed by atoms with Crippen LogP contribution < -0.4 is 10.1 Å². The fourth-order valence-electron chi connectivity index (χ4n) is 1.34. The Kier molecular flexibility index (Phi) is 5.55. The summed E-state index contributed by atoms with van der Waals surface area (Å²) in [6.45, 7) is 4.05. The standard InChI is InChI=1S/C13H17F2NO2/c1-3-4-7-16-13(17)9(2)18-12-8-10(14)5-6-11(12)15/h5-6,8-9H,3-4,7H2,1-2H3,(H,16,17)/t9-/m0/s1. The number of unbranched alkanes of at least 4 members (excludes halogenated alkanes) is 1. The molecule has 0 heterocycles. The molecular formula is C13H17F2NO2. The summed E-state index contributed by atoms with van der Waals surface area (Å²) in [5.41, 5.74) is 0. The summed E-state index contributed by atoms with van der Waals surface area (Å²) in [4.78, 5) is 11.6. The zero-order valence-electron chi connectivity index (χ0n) is 10.5. The number of rotatable bonds is 6. The summed E-state index contributed by atoms with van der Waals surface area (Å²) in [5.74, 6) is -1.89. The molecule has 0 aliphatic heterocycles. The van der Waals surface area contributed by atoms with Gasteiger partial charge >= 0.3 is 0 Å². The van der Waals surface area contributed by atoms with Gasteiger partial charge in [0.1, 0.15) is 5.82 Å². The lowest BCUT2D eigenvalue weighted by atomic mass is 10.3. The van der Waals surface area contributed by atoms with Crippen LogP contribution >= 0.6 is 0 Å². The van der Waals surface area contributed by atoms with Gasteiger partial charge in [0.2, 0.25) is 0 Å².